The molecule has 3 rings (SSSR count). The van der Waals surface area contributed by atoms with Crippen LogP contribution >= 0.6 is 0 Å². The Morgan fingerprint density at radius 3 is 2.62 bits per heavy atom. The first-order chi connectivity index (χ1) is 13.8. The number of halogens is 3. The predicted molar refractivity (Wildman–Crippen MR) is 104 cm³/mol. The zero-order chi connectivity index (χ0) is 21.0. The first-order valence-electron chi connectivity index (χ1n) is 9.63. The molecular formula is C20H25F3N4O2. The highest BCUT2D eigenvalue weighted by atomic mass is 19.4. The minimum absolute atomic E-state index is 0.126. The number of hydrogen-bond donors (Lipinski definition) is 3. The fourth-order valence-electron chi connectivity index (χ4n) is 3.76. The number of aliphatic hydroxyl groups is 1. The Kier molecular flexibility index (Phi) is 6.59. The molecule has 0 saturated carbocycles. The third-order valence-corrected chi connectivity index (χ3v) is 5.22. The van der Waals surface area contributed by atoms with Gasteiger partial charge in [0.15, 0.2) is 0 Å². The molecule has 1 aromatic heterocycles. The lowest BCUT2D eigenvalue weighted by Crippen LogP contribution is -2.44. The molecule has 0 bridgehead atoms. The van der Waals surface area contributed by atoms with E-state index in [1.807, 2.05) is 0 Å². The van der Waals surface area contributed by atoms with E-state index < -0.39 is 17.5 Å². The van der Waals surface area contributed by atoms with Crippen molar-refractivity contribution in [3.05, 3.63) is 35.4 Å². The van der Waals surface area contributed by atoms with Gasteiger partial charge in [0, 0.05) is 24.7 Å². The average molecular weight is 410 g/mol. The summed E-state index contributed by atoms with van der Waals surface area (Å²) in [5, 5.41) is 30.7. The fraction of sp³-hybridized carbons (Fsp3) is 0.500. The van der Waals surface area contributed by atoms with Crippen LogP contribution in [-0.2, 0) is 6.18 Å². The number of piperidine rings is 1. The molecule has 0 aliphatic carbocycles. The van der Waals surface area contributed by atoms with Gasteiger partial charge < -0.3 is 15.5 Å². The van der Waals surface area contributed by atoms with Crippen LogP contribution in [0, 0.1) is 6.92 Å². The van der Waals surface area contributed by atoms with Crippen molar-refractivity contribution in [1.82, 2.24) is 15.1 Å². The van der Waals surface area contributed by atoms with E-state index in [2.05, 4.69) is 20.4 Å². The number of nitrogens with one attached hydrogen (secondary N) is 1. The first-order valence-corrected chi connectivity index (χ1v) is 9.63. The Balaban J connectivity index is 1.70. The second-order valence-corrected chi connectivity index (χ2v) is 7.28. The smallest absolute Gasteiger partial charge is 0.416 e. The van der Waals surface area contributed by atoms with Crippen molar-refractivity contribution in [2.45, 2.75) is 38.4 Å². The highest BCUT2D eigenvalue weighted by molar-refractivity contribution is 5.71. The quantitative estimate of drug-likeness (QED) is 0.677. The molecule has 0 spiro atoms. The monoisotopic (exact) mass is 410 g/mol. The molecule has 0 unspecified atom stereocenters. The summed E-state index contributed by atoms with van der Waals surface area (Å²) in [7, 11) is 0. The Labute approximate surface area is 167 Å². The standard InChI is InChI=1S/C20H25F3N4O2/c1-13-10-14(20(21,22)23)11-17(29)19(13)16-5-6-18(26-25-16)24-12-15-4-2-3-7-27(15)8-9-28/h5-6,10-11,15,28-29H,2-4,7-9,12H2,1H3,(H,24,26)/t15-/m0/s1. The summed E-state index contributed by atoms with van der Waals surface area (Å²) < 4.78 is 38.7. The Bertz CT molecular complexity index is 802. The number of benzene rings is 1. The molecule has 1 atom stereocenters. The number of β-amino-alcohol motifs (C(OH)–C–C–N with tert-alkyl or cyclic N) is 1. The van der Waals surface area contributed by atoms with Crippen molar-refractivity contribution in [3.8, 4) is 17.0 Å². The van der Waals surface area contributed by atoms with Gasteiger partial charge >= 0.3 is 6.18 Å². The summed E-state index contributed by atoms with van der Waals surface area (Å²) in [5.74, 6) is 0.0708. The minimum atomic E-state index is -4.52. The van der Waals surface area contributed by atoms with Crippen LogP contribution in [0.5, 0.6) is 5.75 Å². The normalized spacial score (nSPS) is 18.0. The molecule has 6 nitrogen and oxygen atoms in total. The Morgan fingerprint density at radius 2 is 2.00 bits per heavy atom. The topological polar surface area (TPSA) is 81.5 Å². The molecule has 9 heteroatoms. The summed E-state index contributed by atoms with van der Waals surface area (Å²) in [6.45, 7) is 3.89. The summed E-state index contributed by atoms with van der Waals surface area (Å²) in [5.41, 5.74) is -0.0890. The van der Waals surface area contributed by atoms with Crippen LogP contribution < -0.4 is 5.32 Å². The lowest BCUT2D eigenvalue weighted by molar-refractivity contribution is -0.137. The number of aromatic hydroxyl groups is 1. The maximum Gasteiger partial charge on any atom is 0.416 e. The predicted octanol–water partition coefficient (Wildman–Crippen LogP) is 3.44. The molecule has 1 fully saturated rings. The van der Waals surface area contributed by atoms with E-state index in [4.69, 9.17) is 0 Å². The number of hydrogen-bond acceptors (Lipinski definition) is 6. The zero-order valence-corrected chi connectivity index (χ0v) is 16.2. The molecule has 1 aromatic carbocycles. The van der Waals surface area contributed by atoms with Gasteiger partial charge in [-0.05, 0) is 56.1 Å². The number of aryl methyl sites for hydroxylation is 1. The molecule has 3 N–H and O–H groups in total. The average Bonchev–Trinajstić information content (AvgIpc) is 2.67. The van der Waals surface area contributed by atoms with Crippen LogP contribution in [0.4, 0.5) is 19.0 Å². The van der Waals surface area contributed by atoms with Gasteiger partial charge in [0.25, 0.3) is 0 Å². The first kappa shape index (κ1) is 21.3. The number of nitrogens with zero attached hydrogens (tertiary/aromatic N) is 3. The zero-order valence-electron chi connectivity index (χ0n) is 16.2. The highest BCUT2D eigenvalue weighted by Crippen LogP contribution is 2.38. The third-order valence-electron chi connectivity index (χ3n) is 5.22. The van der Waals surface area contributed by atoms with Gasteiger partial charge in [0.2, 0.25) is 0 Å². The molecule has 2 aromatic rings. The van der Waals surface area contributed by atoms with Crippen molar-refractivity contribution < 1.29 is 23.4 Å². The van der Waals surface area contributed by atoms with E-state index in [0.29, 0.717) is 36.7 Å². The second kappa shape index (κ2) is 8.96. The molecule has 0 amide bonds. The van der Waals surface area contributed by atoms with Crippen molar-refractivity contribution in [2.24, 2.45) is 0 Å². The molecule has 1 aliphatic rings. The van der Waals surface area contributed by atoms with E-state index in [1.165, 1.54) is 6.92 Å². The van der Waals surface area contributed by atoms with Gasteiger partial charge in [-0.1, -0.05) is 6.42 Å². The number of aromatic nitrogens is 2. The van der Waals surface area contributed by atoms with Crippen LogP contribution in [0.15, 0.2) is 24.3 Å². The number of phenols is 1. The maximum atomic E-state index is 12.9. The third kappa shape index (κ3) is 5.16. The van der Waals surface area contributed by atoms with Gasteiger partial charge in [-0.15, -0.1) is 10.2 Å². The number of rotatable bonds is 6. The van der Waals surface area contributed by atoms with Crippen molar-refractivity contribution >= 4 is 5.82 Å². The van der Waals surface area contributed by atoms with Crippen molar-refractivity contribution in [3.63, 3.8) is 0 Å². The van der Waals surface area contributed by atoms with E-state index in [-0.39, 0.29) is 17.7 Å². The fourth-order valence-corrected chi connectivity index (χ4v) is 3.76. The number of phenolic OH excluding ortho intramolecular Hbond substituents is 1. The Morgan fingerprint density at radius 1 is 1.21 bits per heavy atom. The summed E-state index contributed by atoms with van der Waals surface area (Å²) in [6, 6.07) is 5.31. The molecule has 29 heavy (non-hydrogen) atoms. The van der Waals surface area contributed by atoms with E-state index >= 15 is 0 Å². The molecule has 0 radical (unpaired) electrons. The second-order valence-electron chi connectivity index (χ2n) is 7.28. The van der Waals surface area contributed by atoms with Crippen molar-refractivity contribution in [2.75, 3.05) is 31.6 Å². The van der Waals surface area contributed by atoms with E-state index in [0.717, 1.165) is 31.9 Å². The molecule has 158 valence electrons. The van der Waals surface area contributed by atoms with Gasteiger partial charge in [0.1, 0.15) is 11.6 Å². The van der Waals surface area contributed by atoms with Crippen LogP contribution in [0.2, 0.25) is 0 Å². The summed E-state index contributed by atoms with van der Waals surface area (Å²) >= 11 is 0. The van der Waals surface area contributed by atoms with Crippen LogP contribution in [-0.4, -0.2) is 57.6 Å². The number of aliphatic hydroxyl groups excluding tert-OH is 1. The van der Waals surface area contributed by atoms with Crippen LogP contribution in [0.1, 0.15) is 30.4 Å². The maximum absolute atomic E-state index is 12.9. The van der Waals surface area contributed by atoms with Gasteiger partial charge in [0.05, 0.1) is 17.9 Å². The molecule has 1 aliphatic heterocycles. The molecular weight excluding hydrogens is 385 g/mol. The number of anilines is 1. The SMILES string of the molecule is Cc1cc(C(F)(F)F)cc(O)c1-c1ccc(NC[C@@H]2CCCCN2CCO)nn1. The lowest BCUT2D eigenvalue weighted by atomic mass is 10.0. The minimum Gasteiger partial charge on any atom is -0.507 e. The van der Waals surface area contributed by atoms with Gasteiger partial charge in [-0.3, -0.25) is 4.90 Å². The molecule has 2 heterocycles. The summed E-state index contributed by atoms with van der Waals surface area (Å²) in [4.78, 5) is 2.25. The lowest BCUT2D eigenvalue weighted by Gasteiger charge is -2.35. The van der Waals surface area contributed by atoms with Gasteiger partial charge in [-0.25, -0.2) is 0 Å². The highest BCUT2D eigenvalue weighted by Gasteiger charge is 2.32. The number of likely N-dealkylation sites (tertiary alicyclic amines) is 1. The van der Waals surface area contributed by atoms with E-state index in [9.17, 15) is 23.4 Å². The summed E-state index contributed by atoms with van der Waals surface area (Å²) in [6.07, 6.45) is -1.22. The van der Waals surface area contributed by atoms with Crippen molar-refractivity contribution in [1.29, 1.82) is 0 Å². The molecule has 1 saturated heterocycles. The largest absolute Gasteiger partial charge is 0.507 e. The van der Waals surface area contributed by atoms with Crippen LogP contribution in [0.25, 0.3) is 11.3 Å². The van der Waals surface area contributed by atoms with Crippen LogP contribution in [0.3, 0.4) is 0 Å². The van der Waals surface area contributed by atoms with E-state index in [1.54, 1.807) is 12.1 Å². The van der Waals surface area contributed by atoms with Gasteiger partial charge in [-0.2, -0.15) is 13.2 Å². The number of alkyl halides is 3. The Hall–Kier alpha value is -2.39.